The number of halogens is 1. The first-order valence-corrected chi connectivity index (χ1v) is 6.99. The summed E-state index contributed by atoms with van der Waals surface area (Å²) < 4.78 is 6.55. The molecule has 0 fully saturated rings. The van der Waals surface area contributed by atoms with E-state index in [4.69, 9.17) is 4.74 Å². The number of fused-ring (bicyclic) bond motifs is 1. The number of aryl methyl sites for hydroxylation is 1. The molecule has 0 aromatic heterocycles. The SMILES string of the molecule is Cc1ccc2c(c1)C(=O)OC(c1cccc(Br)c1)C2. The van der Waals surface area contributed by atoms with Crippen LogP contribution < -0.4 is 0 Å². The Balaban J connectivity index is 1.97. The van der Waals surface area contributed by atoms with Gasteiger partial charge in [0.15, 0.2) is 0 Å². The zero-order chi connectivity index (χ0) is 13.4. The Morgan fingerprint density at radius 1 is 1.21 bits per heavy atom. The van der Waals surface area contributed by atoms with Gasteiger partial charge < -0.3 is 4.74 Å². The summed E-state index contributed by atoms with van der Waals surface area (Å²) in [7, 11) is 0. The molecule has 2 aromatic rings. The maximum Gasteiger partial charge on any atom is 0.339 e. The van der Waals surface area contributed by atoms with Gasteiger partial charge in [-0.3, -0.25) is 0 Å². The van der Waals surface area contributed by atoms with Crippen molar-refractivity contribution in [2.24, 2.45) is 0 Å². The zero-order valence-corrected chi connectivity index (χ0v) is 12.1. The summed E-state index contributed by atoms with van der Waals surface area (Å²) >= 11 is 3.44. The molecular formula is C16H13BrO2. The minimum Gasteiger partial charge on any atom is -0.454 e. The van der Waals surface area contributed by atoms with Gasteiger partial charge in [-0.15, -0.1) is 0 Å². The lowest BCUT2D eigenvalue weighted by Gasteiger charge is -2.25. The van der Waals surface area contributed by atoms with E-state index in [1.165, 1.54) is 0 Å². The maximum absolute atomic E-state index is 12.1. The fourth-order valence-corrected chi connectivity index (χ4v) is 2.80. The first-order chi connectivity index (χ1) is 9.13. The van der Waals surface area contributed by atoms with Gasteiger partial charge >= 0.3 is 5.97 Å². The van der Waals surface area contributed by atoms with Gasteiger partial charge in [-0.2, -0.15) is 0 Å². The molecule has 0 saturated heterocycles. The summed E-state index contributed by atoms with van der Waals surface area (Å²) in [5.41, 5.74) is 3.86. The van der Waals surface area contributed by atoms with Gasteiger partial charge in [0.25, 0.3) is 0 Å². The number of ether oxygens (including phenoxy) is 1. The molecule has 2 aromatic carbocycles. The summed E-state index contributed by atoms with van der Waals surface area (Å²) in [6.07, 6.45) is 0.540. The Bertz CT molecular complexity index is 649. The van der Waals surface area contributed by atoms with Crippen molar-refractivity contribution in [2.45, 2.75) is 19.4 Å². The monoisotopic (exact) mass is 316 g/mol. The van der Waals surface area contributed by atoms with Crippen molar-refractivity contribution >= 4 is 21.9 Å². The largest absolute Gasteiger partial charge is 0.454 e. The van der Waals surface area contributed by atoms with Crippen molar-refractivity contribution in [3.63, 3.8) is 0 Å². The lowest BCUT2D eigenvalue weighted by atomic mass is 9.93. The summed E-state index contributed by atoms with van der Waals surface area (Å²) in [6.45, 7) is 1.98. The Morgan fingerprint density at radius 2 is 2.05 bits per heavy atom. The highest BCUT2D eigenvalue weighted by Gasteiger charge is 2.27. The Kier molecular flexibility index (Phi) is 3.15. The molecule has 0 bridgehead atoms. The minimum atomic E-state index is -0.227. The normalized spacial score (nSPS) is 17.8. The molecular weight excluding hydrogens is 304 g/mol. The van der Waals surface area contributed by atoms with E-state index in [0.717, 1.165) is 27.6 Å². The Morgan fingerprint density at radius 3 is 2.84 bits per heavy atom. The molecule has 2 nitrogen and oxygen atoms in total. The van der Waals surface area contributed by atoms with Crippen LogP contribution in [0.4, 0.5) is 0 Å². The third-order valence-corrected chi connectivity index (χ3v) is 3.85. The average Bonchev–Trinajstić information content (AvgIpc) is 2.39. The number of esters is 1. The molecule has 19 heavy (non-hydrogen) atoms. The minimum absolute atomic E-state index is 0.194. The van der Waals surface area contributed by atoms with Gasteiger partial charge in [-0.05, 0) is 36.2 Å². The molecule has 3 rings (SSSR count). The molecule has 0 saturated carbocycles. The van der Waals surface area contributed by atoms with E-state index in [-0.39, 0.29) is 12.1 Å². The van der Waals surface area contributed by atoms with Crippen molar-refractivity contribution in [3.8, 4) is 0 Å². The van der Waals surface area contributed by atoms with Crippen LogP contribution in [0.5, 0.6) is 0 Å². The molecule has 1 aliphatic rings. The molecule has 0 N–H and O–H groups in total. The van der Waals surface area contributed by atoms with E-state index in [1.807, 2.05) is 49.4 Å². The Labute approximate surface area is 120 Å². The molecule has 1 unspecified atom stereocenters. The van der Waals surface area contributed by atoms with E-state index in [9.17, 15) is 4.79 Å². The van der Waals surface area contributed by atoms with E-state index in [2.05, 4.69) is 15.9 Å². The van der Waals surface area contributed by atoms with Gasteiger partial charge in [-0.1, -0.05) is 45.8 Å². The standard InChI is InChI=1S/C16H13BrO2/c1-10-5-6-11-9-15(19-16(18)14(11)7-10)12-3-2-4-13(17)8-12/h2-8,15H,9H2,1H3. The number of hydrogen-bond acceptors (Lipinski definition) is 2. The fraction of sp³-hybridized carbons (Fsp3) is 0.188. The van der Waals surface area contributed by atoms with Crippen molar-refractivity contribution in [1.82, 2.24) is 0 Å². The average molecular weight is 317 g/mol. The van der Waals surface area contributed by atoms with E-state index < -0.39 is 0 Å². The van der Waals surface area contributed by atoms with Gasteiger partial charge in [0.1, 0.15) is 6.10 Å². The summed E-state index contributed by atoms with van der Waals surface area (Å²) in [4.78, 5) is 12.1. The van der Waals surface area contributed by atoms with Crippen molar-refractivity contribution in [1.29, 1.82) is 0 Å². The predicted molar refractivity (Wildman–Crippen MR) is 77.2 cm³/mol. The zero-order valence-electron chi connectivity index (χ0n) is 10.5. The molecule has 1 aliphatic heterocycles. The van der Waals surface area contributed by atoms with Crippen LogP contribution in [-0.2, 0) is 11.2 Å². The van der Waals surface area contributed by atoms with Crippen LogP contribution in [0, 0.1) is 6.92 Å². The van der Waals surface area contributed by atoms with Crippen LogP contribution in [0.2, 0.25) is 0 Å². The number of benzene rings is 2. The smallest absolute Gasteiger partial charge is 0.339 e. The van der Waals surface area contributed by atoms with Crippen LogP contribution >= 0.6 is 15.9 Å². The van der Waals surface area contributed by atoms with Crippen LogP contribution in [0.15, 0.2) is 46.9 Å². The molecule has 3 heteroatoms. The van der Waals surface area contributed by atoms with Crippen molar-refractivity contribution in [2.75, 3.05) is 0 Å². The molecule has 0 radical (unpaired) electrons. The topological polar surface area (TPSA) is 26.3 Å². The molecule has 96 valence electrons. The molecule has 0 amide bonds. The lowest BCUT2D eigenvalue weighted by molar-refractivity contribution is 0.0252. The highest BCUT2D eigenvalue weighted by Crippen LogP contribution is 2.31. The van der Waals surface area contributed by atoms with Gasteiger partial charge in [0.2, 0.25) is 0 Å². The summed E-state index contributed by atoms with van der Waals surface area (Å²) in [6, 6.07) is 13.9. The summed E-state index contributed by atoms with van der Waals surface area (Å²) in [5.74, 6) is -0.227. The highest BCUT2D eigenvalue weighted by atomic mass is 79.9. The number of rotatable bonds is 1. The number of hydrogen-bond donors (Lipinski definition) is 0. The number of carbonyl (C=O) groups excluding carboxylic acids is 1. The number of carbonyl (C=O) groups is 1. The first kappa shape index (κ1) is 12.4. The van der Waals surface area contributed by atoms with Crippen LogP contribution in [0.1, 0.15) is 33.2 Å². The second kappa shape index (κ2) is 4.82. The van der Waals surface area contributed by atoms with Crippen molar-refractivity contribution < 1.29 is 9.53 Å². The first-order valence-electron chi connectivity index (χ1n) is 6.19. The fourth-order valence-electron chi connectivity index (χ4n) is 2.39. The second-order valence-electron chi connectivity index (χ2n) is 4.81. The summed E-state index contributed by atoms with van der Waals surface area (Å²) in [5, 5.41) is 0. The highest BCUT2D eigenvalue weighted by molar-refractivity contribution is 9.10. The molecule has 1 atom stereocenters. The predicted octanol–water partition coefficient (Wildman–Crippen LogP) is 4.21. The van der Waals surface area contributed by atoms with Crippen LogP contribution in [0.3, 0.4) is 0 Å². The Hall–Kier alpha value is -1.61. The second-order valence-corrected chi connectivity index (χ2v) is 5.73. The third kappa shape index (κ3) is 2.43. The van der Waals surface area contributed by atoms with E-state index in [1.54, 1.807) is 0 Å². The van der Waals surface area contributed by atoms with E-state index >= 15 is 0 Å². The van der Waals surface area contributed by atoms with Gasteiger partial charge in [0.05, 0.1) is 5.56 Å². The third-order valence-electron chi connectivity index (χ3n) is 3.36. The van der Waals surface area contributed by atoms with Crippen molar-refractivity contribution in [3.05, 3.63) is 69.2 Å². The number of cyclic esters (lactones) is 1. The van der Waals surface area contributed by atoms with Gasteiger partial charge in [-0.25, -0.2) is 4.79 Å². The maximum atomic E-state index is 12.1. The molecule has 0 aliphatic carbocycles. The van der Waals surface area contributed by atoms with Gasteiger partial charge in [0, 0.05) is 10.9 Å². The quantitative estimate of drug-likeness (QED) is 0.737. The van der Waals surface area contributed by atoms with E-state index in [0.29, 0.717) is 5.56 Å². The lowest BCUT2D eigenvalue weighted by Crippen LogP contribution is -2.21. The van der Waals surface area contributed by atoms with Crippen LogP contribution in [-0.4, -0.2) is 5.97 Å². The molecule has 1 heterocycles. The molecule has 0 spiro atoms. The van der Waals surface area contributed by atoms with Crippen LogP contribution in [0.25, 0.3) is 0 Å².